The zero-order valence-corrected chi connectivity index (χ0v) is 12.1. The first-order valence-corrected chi connectivity index (χ1v) is 7.14. The van der Waals surface area contributed by atoms with Gasteiger partial charge < -0.3 is 10.2 Å². The molecule has 1 amide bonds. The average Bonchev–Trinajstić information content (AvgIpc) is 2.78. The fraction of sp³-hybridized carbons (Fsp3) is 0.235. The van der Waals surface area contributed by atoms with Crippen LogP contribution in [0.15, 0.2) is 42.5 Å². The fourth-order valence-electron chi connectivity index (χ4n) is 2.81. The molecule has 2 aromatic carbocycles. The molecular formula is C17H16F2N2O. The molecule has 3 nitrogen and oxygen atoms in total. The highest BCUT2D eigenvalue weighted by Crippen LogP contribution is 2.31. The number of carbonyl (C=O) groups is 1. The second-order valence-electron chi connectivity index (χ2n) is 5.48. The molecule has 22 heavy (non-hydrogen) atoms. The summed E-state index contributed by atoms with van der Waals surface area (Å²) >= 11 is 0. The maximum absolute atomic E-state index is 13.6. The van der Waals surface area contributed by atoms with E-state index < -0.39 is 11.6 Å². The summed E-state index contributed by atoms with van der Waals surface area (Å²) in [4.78, 5) is 14.1. The SMILES string of the molecule is C[C@H]1Cc2ccccc2N1CC(=O)Nc1ccc(F)cc1F. The van der Waals surface area contributed by atoms with Gasteiger partial charge in [0.1, 0.15) is 11.6 Å². The van der Waals surface area contributed by atoms with Crippen molar-refractivity contribution < 1.29 is 13.6 Å². The van der Waals surface area contributed by atoms with Crippen LogP contribution >= 0.6 is 0 Å². The average molecular weight is 302 g/mol. The van der Waals surface area contributed by atoms with Gasteiger partial charge in [-0.25, -0.2) is 8.78 Å². The first-order chi connectivity index (χ1) is 10.5. The lowest BCUT2D eigenvalue weighted by molar-refractivity contribution is -0.115. The summed E-state index contributed by atoms with van der Waals surface area (Å²) in [7, 11) is 0. The first kappa shape index (κ1) is 14.5. The Hall–Kier alpha value is -2.43. The van der Waals surface area contributed by atoms with E-state index in [1.165, 1.54) is 11.6 Å². The van der Waals surface area contributed by atoms with Crippen molar-refractivity contribution in [3.63, 3.8) is 0 Å². The number of rotatable bonds is 3. The van der Waals surface area contributed by atoms with Crippen LogP contribution in [0.2, 0.25) is 0 Å². The molecule has 1 heterocycles. The van der Waals surface area contributed by atoms with Crippen molar-refractivity contribution in [2.75, 3.05) is 16.8 Å². The van der Waals surface area contributed by atoms with Gasteiger partial charge in [0, 0.05) is 17.8 Å². The molecular weight excluding hydrogens is 286 g/mol. The van der Waals surface area contributed by atoms with Gasteiger partial charge in [-0.2, -0.15) is 0 Å². The molecule has 114 valence electrons. The molecule has 5 heteroatoms. The molecule has 2 aromatic rings. The molecule has 0 saturated heterocycles. The molecule has 0 spiro atoms. The molecule has 1 aliphatic rings. The van der Waals surface area contributed by atoms with E-state index in [1.54, 1.807) is 0 Å². The lowest BCUT2D eigenvalue weighted by Gasteiger charge is -2.24. The summed E-state index contributed by atoms with van der Waals surface area (Å²) in [5.41, 5.74) is 2.23. The second kappa shape index (κ2) is 5.75. The third-order valence-electron chi connectivity index (χ3n) is 3.87. The Morgan fingerprint density at radius 1 is 1.27 bits per heavy atom. The van der Waals surface area contributed by atoms with Gasteiger partial charge in [-0.3, -0.25) is 4.79 Å². The number of amides is 1. The van der Waals surface area contributed by atoms with E-state index in [0.717, 1.165) is 24.2 Å². The number of nitrogens with zero attached hydrogens (tertiary/aromatic N) is 1. The minimum Gasteiger partial charge on any atom is -0.359 e. The van der Waals surface area contributed by atoms with Gasteiger partial charge in [0.2, 0.25) is 5.91 Å². The number of halogens is 2. The highest BCUT2D eigenvalue weighted by atomic mass is 19.1. The topological polar surface area (TPSA) is 32.3 Å². The second-order valence-corrected chi connectivity index (χ2v) is 5.48. The Morgan fingerprint density at radius 2 is 2.05 bits per heavy atom. The number of anilines is 2. The van der Waals surface area contributed by atoms with Crippen molar-refractivity contribution in [3.8, 4) is 0 Å². The van der Waals surface area contributed by atoms with Gasteiger partial charge >= 0.3 is 0 Å². The molecule has 1 atom stereocenters. The van der Waals surface area contributed by atoms with Gasteiger partial charge in [-0.1, -0.05) is 18.2 Å². The van der Waals surface area contributed by atoms with E-state index in [9.17, 15) is 13.6 Å². The zero-order valence-electron chi connectivity index (χ0n) is 12.1. The predicted molar refractivity (Wildman–Crippen MR) is 81.9 cm³/mol. The Balaban J connectivity index is 1.72. The number of nitrogens with one attached hydrogen (secondary N) is 1. The normalized spacial score (nSPS) is 16.5. The van der Waals surface area contributed by atoms with Crippen LogP contribution in [0.5, 0.6) is 0 Å². The molecule has 0 aliphatic carbocycles. The minimum absolute atomic E-state index is 0.00784. The Labute approximate surface area is 127 Å². The number of hydrogen-bond acceptors (Lipinski definition) is 2. The fourth-order valence-corrected chi connectivity index (χ4v) is 2.81. The van der Waals surface area contributed by atoms with Crippen LogP contribution in [0, 0.1) is 11.6 Å². The van der Waals surface area contributed by atoms with Crippen LogP contribution in [0.25, 0.3) is 0 Å². The number of carbonyl (C=O) groups excluding carboxylic acids is 1. The standard InChI is InChI=1S/C17H16F2N2O/c1-11-8-12-4-2-3-5-16(12)21(11)10-17(22)20-15-7-6-13(18)9-14(15)19/h2-7,9,11H,8,10H2,1H3,(H,20,22)/t11-/m0/s1. The monoisotopic (exact) mass is 302 g/mol. The maximum atomic E-state index is 13.6. The molecule has 0 aromatic heterocycles. The van der Waals surface area contributed by atoms with Gasteiger partial charge in [0.25, 0.3) is 0 Å². The molecule has 0 bridgehead atoms. The predicted octanol–water partition coefficient (Wildman–Crippen LogP) is 3.35. The highest BCUT2D eigenvalue weighted by molar-refractivity contribution is 5.94. The third kappa shape index (κ3) is 2.79. The minimum atomic E-state index is -0.775. The van der Waals surface area contributed by atoms with Crippen LogP contribution in [-0.2, 0) is 11.2 Å². The zero-order chi connectivity index (χ0) is 15.7. The number of hydrogen-bond donors (Lipinski definition) is 1. The summed E-state index contributed by atoms with van der Waals surface area (Å²) in [6, 6.07) is 11.2. The molecule has 1 N–H and O–H groups in total. The van der Waals surface area contributed by atoms with Gasteiger partial charge in [-0.05, 0) is 37.1 Å². The number of benzene rings is 2. The van der Waals surface area contributed by atoms with Gasteiger partial charge in [0.15, 0.2) is 0 Å². The summed E-state index contributed by atoms with van der Waals surface area (Å²) in [5.74, 6) is -1.77. The van der Waals surface area contributed by atoms with E-state index in [1.807, 2.05) is 36.1 Å². The summed E-state index contributed by atoms with van der Waals surface area (Å²) in [6.45, 7) is 2.18. The van der Waals surface area contributed by atoms with Crippen LogP contribution in [-0.4, -0.2) is 18.5 Å². The largest absolute Gasteiger partial charge is 0.359 e. The summed E-state index contributed by atoms with van der Waals surface area (Å²) in [6.07, 6.45) is 0.883. The molecule has 0 fully saturated rings. The van der Waals surface area contributed by atoms with Crippen molar-refractivity contribution in [2.24, 2.45) is 0 Å². The van der Waals surface area contributed by atoms with Crippen molar-refractivity contribution in [2.45, 2.75) is 19.4 Å². The number of para-hydroxylation sites is 1. The summed E-state index contributed by atoms with van der Waals surface area (Å²) in [5, 5.41) is 2.49. The van der Waals surface area contributed by atoms with Crippen LogP contribution in [0.1, 0.15) is 12.5 Å². The molecule has 0 radical (unpaired) electrons. The lowest BCUT2D eigenvalue weighted by atomic mass is 10.1. The smallest absolute Gasteiger partial charge is 0.243 e. The maximum Gasteiger partial charge on any atom is 0.243 e. The Bertz CT molecular complexity index is 718. The van der Waals surface area contributed by atoms with E-state index in [4.69, 9.17) is 0 Å². The molecule has 1 aliphatic heterocycles. The first-order valence-electron chi connectivity index (χ1n) is 7.14. The molecule has 3 rings (SSSR count). The van der Waals surface area contributed by atoms with Crippen molar-refractivity contribution in [1.29, 1.82) is 0 Å². The number of fused-ring (bicyclic) bond motifs is 1. The van der Waals surface area contributed by atoms with Crippen LogP contribution in [0.3, 0.4) is 0 Å². The van der Waals surface area contributed by atoms with Crippen molar-refractivity contribution in [3.05, 3.63) is 59.7 Å². The van der Waals surface area contributed by atoms with E-state index in [2.05, 4.69) is 5.32 Å². The Morgan fingerprint density at radius 3 is 2.82 bits per heavy atom. The quantitative estimate of drug-likeness (QED) is 0.943. The van der Waals surface area contributed by atoms with Gasteiger partial charge in [-0.15, -0.1) is 0 Å². The highest BCUT2D eigenvalue weighted by Gasteiger charge is 2.27. The van der Waals surface area contributed by atoms with E-state index >= 15 is 0 Å². The van der Waals surface area contributed by atoms with E-state index in [-0.39, 0.29) is 24.2 Å². The molecule has 0 unspecified atom stereocenters. The van der Waals surface area contributed by atoms with Crippen LogP contribution in [0.4, 0.5) is 20.2 Å². The Kier molecular flexibility index (Phi) is 3.79. The summed E-state index contributed by atoms with van der Waals surface area (Å²) < 4.78 is 26.4. The van der Waals surface area contributed by atoms with E-state index in [0.29, 0.717) is 0 Å². The van der Waals surface area contributed by atoms with Crippen LogP contribution < -0.4 is 10.2 Å². The lowest BCUT2D eigenvalue weighted by Crippen LogP contribution is -2.37. The van der Waals surface area contributed by atoms with Crippen molar-refractivity contribution in [1.82, 2.24) is 0 Å². The van der Waals surface area contributed by atoms with Crippen molar-refractivity contribution >= 4 is 17.3 Å². The van der Waals surface area contributed by atoms with Gasteiger partial charge in [0.05, 0.1) is 12.2 Å². The molecule has 0 saturated carbocycles. The third-order valence-corrected chi connectivity index (χ3v) is 3.87.